The van der Waals surface area contributed by atoms with Crippen LogP contribution in [0.1, 0.15) is 44.5 Å². The largest absolute Gasteiger partial charge is 0.480 e. The minimum atomic E-state index is -1.24. The van der Waals surface area contributed by atoms with Crippen LogP contribution in [0.2, 0.25) is 0 Å². The minimum Gasteiger partial charge on any atom is -0.480 e. The lowest BCUT2D eigenvalue weighted by molar-refractivity contribution is -0.142. The molecule has 0 aromatic carbocycles. The Morgan fingerprint density at radius 2 is 1.61 bits per heavy atom. The van der Waals surface area contributed by atoms with Crippen LogP contribution in [0.15, 0.2) is 25.0 Å². The first-order valence-electron chi connectivity index (χ1n) is 12.1. The fourth-order valence-corrected chi connectivity index (χ4v) is 4.04. The number of nitrogens with zero attached hydrogens (tertiary/aromatic N) is 2. The van der Waals surface area contributed by atoms with Gasteiger partial charge in [0.1, 0.15) is 18.1 Å². The molecule has 5 atom stereocenters. The molecule has 13 heteroatoms. The number of rotatable bonds is 13. The van der Waals surface area contributed by atoms with Gasteiger partial charge >= 0.3 is 5.97 Å². The molecule has 3 amide bonds. The lowest BCUT2D eigenvalue weighted by atomic mass is 9.97. The van der Waals surface area contributed by atoms with Gasteiger partial charge in [-0.25, -0.2) is 14.8 Å². The zero-order chi connectivity index (χ0) is 26.1. The third-order valence-corrected chi connectivity index (χ3v) is 6.38. The van der Waals surface area contributed by atoms with E-state index in [-0.39, 0.29) is 30.7 Å². The molecule has 1 saturated heterocycles. The standard InChI is InChI=1S/C23H34N8O5/c1-3-13(2)19(31-20(32)16-5-4-6-26-16)22(34)29-17(7-14-9-24-11-27-14)21(33)30-18(23(35)36)8-15-10-25-12-28-15/h9-13,16-19,26H,3-8H2,1-2H3,(H,24,27)(H,25,28)(H,29,34)(H,30,33)(H,31,32)(H,35,36). The monoisotopic (exact) mass is 502 g/mol. The number of nitrogens with one attached hydrogen (secondary N) is 6. The average molecular weight is 503 g/mol. The molecule has 0 spiro atoms. The van der Waals surface area contributed by atoms with Gasteiger partial charge in [0.25, 0.3) is 0 Å². The number of carbonyl (C=O) groups is 4. The highest BCUT2D eigenvalue weighted by Crippen LogP contribution is 2.12. The summed E-state index contributed by atoms with van der Waals surface area (Å²) in [6, 6.07) is -3.55. The molecule has 36 heavy (non-hydrogen) atoms. The molecule has 3 heterocycles. The van der Waals surface area contributed by atoms with Crippen LogP contribution in [0.25, 0.3) is 0 Å². The fraction of sp³-hybridized carbons (Fsp3) is 0.565. The Hall–Kier alpha value is -3.74. The van der Waals surface area contributed by atoms with E-state index in [4.69, 9.17) is 0 Å². The van der Waals surface area contributed by atoms with Crippen LogP contribution >= 0.6 is 0 Å². The summed E-state index contributed by atoms with van der Waals surface area (Å²) in [5.74, 6) is -2.86. The van der Waals surface area contributed by atoms with E-state index in [0.29, 0.717) is 24.2 Å². The van der Waals surface area contributed by atoms with E-state index < -0.39 is 35.9 Å². The number of imidazole rings is 2. The van der Waals surface area contributed by atoms with Crippen LogP contribution in [0.5, 0.6) is 0 Å². The van der Waals surface area contributed by atoms with Crippen LogP contribution in [0.4, 0.5) is 0 Å². The first-order valence-corrected chi connectivity index (χ1v) is 12.1. The molecule has 196 valence electrons. The number of hydrogen-bond acceptors (Lipinski definition) is 7. The fourth-order valence-electron chi connectivity index (χ4n) is 4.04. The number of carboxylic acid groups (broad SMARTS) is 1. The second-order valence-electron chi connectivity index (χ2n) is 9.04. The molecule has 1 aliphatic rings. The van der Waals surface area contributed by atoms with Crippen molar-refractivity contribution < 1.29 is 24.3 Å². The highest BCUT2D eigenvalue weighted by Gasteiger charge is 2.33. The zero-order valence-corrected chi connectivity index (χ0v) is 20.4. The molecule has 0 radical (unpaired) electrons. The Kier molecular flexibility index (Phi) is 9.56. The van der Waals surface area contributed by atoms with Crippen LogP contribution in [-0.2, 0) is 32.0 Å². The van der Waals surface area contributed by atoms with E-state index in [1.807, 2.05) is 13.8 Å². The summed E-state index contributed by atoms with van der Waals surface area (Å²) < 4.78 is 0. The second kappa shape index (κ2) is 12.8. The molecular weight excluding hydrogens is 468 g/mol. The lowest BCUT2D eigenvalue weighted by Crippen LogP contribution is -2.59. The molecule has 1 fully saturated rings. The lowest BCUT2D eigenvalue weighted by Gasteiger charge is -2.28. The van der Waals surface area contributed by atoms with Gasteiger partial charge in [-0.3, -0.25) is 14.4 Å². The predicted molar refractivity (Wildman–Crippen MR) is 128 cm³/mol. The number of H-pyrrole nitrogens is 2. The van der Waals surface area contributed by atoms with Crippen molar-refractivity contribution in [2.24, 2.45) is 5.92 Å². The van der Waals surface area contributed by atoms with Gasteiger partial charge in [-0.1, -0.05) is 20.3 Å². The van der Waals surface area contributed by atoms with Gasteiger partial charge in [0.05, 0.1) is 18.7 Å². The van der Waals surface area contributed by atoms with Crippen molar-refractivity contribution in [1.82, 2.24) is 41.2 Å². The highest BCUT2D eigenvalue weighted by atomic mass is 16.4. The molecule has 0 aliphatic carbocycles. The summed E-state index contributed by atoms with van der Waals surface area (Å²) in [5, 5.41) is 20.8. The molecule has 2 aromatic rings. The van der Waals surface area contributed by atoms with E-state index in [1.54, 1.807) is 0 Å². The number of carboxylic acids is 1. The molecule has 5 unspecified atom stereocenters. The number of hydrogen-bond donors (Lipinski definition) is 7. The summed E-state index contributed by atoms with van der Waals surface area (Å²) in [6.07, 6.45) is 8.11. The molecule has 7 N–H and O–H groups in total. The highest BCUT2D eigenvalue weighted by molar-refractivity contribution is 5.94. The maximum absolute atomic E-state index is 13.3. The van der Waals surface area contributed by atoms with Crippen molar-refractivity contribution in [3.05, 3.63) is 36.4 Å². The van der Waals surface area contributed by atoms with Gasteiger partial charge in [-0.05, 0) is 25.3 Å². The Bertz CT molecular complexity index is 1000. The van der Waals surface area contributed by atoms with Gasteiger partial charge in [0, 0.05) is 36.6 Å². The van der Waals surface area contributed by atoms with E-state index in [9.17, 15) is 24.3 Å². The van der Waals surface area contributed by atoms with E-state index in [2.05, 4.69) is 41.2 Å². The van der Waals surface area contributed by atoms with Gasteiger partial charge in [-0.2, -0.15) is 0 Å². The van der Waals surface area contributed by atoms with Crippen LogP contribution < -0.4 is 21.3 Å². The number of aromatic nitrogens is 4. The summed E-state index contributed by atoms with van der Waals surface area (Å²) >= 11 is 0. The van der Waals surface area contributed by atoms with Crippen molar-refractivity contribution in [2.45, 2.75) is 70.1 Å². The number of amides is 3. The molecule has 2 aromatic heterocycles. The molecule has 13 nitrogen and oxygen atoms in total. The molecule has 3 rings (SSSR count). The molecule has 0 saturated carbocycles. The summed E-state index contributed by atoms with van der Waals surface area (Å²) in [5.41, 5.74) is 1.12. The second-order valence-corrected chi connectivity index (χ2v) is 9.04. The first kappa shape index (κ1) is 26.9. The van der Waals surface area contributed by atoms with E-state index in [1.165, 1.54) is 25.0 Å². The van der Waals surface area contributed by atoms with Gasteiger partial charge in [0.15, 0.2) is 0 Å². The van der Waals surface area contributed by atoms with Crippen molar-refractivity contribution in [3.63, 3.8) is 0 Å². The predicted octanol–water partition coefficient (Wildman–Crippen LogP) is -0.745. The molecule has 1 aliphatic heterocycles. The molecular formula is C23H34N8O5. The molecule has 0 bridgehead atoms. The number of carbonyl (C=O) groups excluding carboxylic acids is 3. The summed E-state index contributed by atoms with van der Waals surface area (Å²) in [7, 11) is 0. The Morgan fingerprint density at radius 1 is 1.00 bits per heavy atom. The normalized spacial score (nSPS) is 18.6. The summed E-state index contributed by atoms with van der Waals surface area (Å²) in [6.45, 7) is 4.50. The van der Waals surface area contributed by atoms with Gasteiger partial charge in [-0.15, -0.1) is 0 Å². The maximum Gasteiger partial charge on any atom is 0.326 e. The Morgan fingerprint density at radius 3 is 2.11 bits per heavy atom. The topological polar surface area (TPSA) is 194 Å². The Balaban J connectivity index is 1.74. The quantitative estimate of drug-likeness (QED) is 0.186. The third-order valence-electron chi connectivity index (χ3n) is 6.38. The Labute approximate surface area is 208 Å². The maximum atomic E-state index is 13.3. The van der Waals surface area contributed by atoms with Crippen molar-refractivity contribution in [3.8, 4) is 0 Å². The third kappa shape index (κ3) is 7.38. The minimum absolute atomic E-state index is 0.00820. The van der Waals surface area contributed by atoms with Gasteiger partial charge in [0.2, 0.25) is 17.7 Å². The van der Waals surface area contributed by atoms with Crippen molar-refractivity contribution in [1.29, 1.82) is 0 Å². The zero-order valence-electron chi connectivity index (χ0n) is 20.4. The van der Waals surface area contributed by atoms with Crippen molar-refractivity contribution in [2.75, 3.05) is 6.54 Å². The van der Waals surface area contributed by atoms with Crippen LogP contribution in [0.3, 0.4) is 0 Å². The SMILES string of the molecule is CCC(C)C(NC(=O)C1CCCN1)C(=O)NC(Cc1cnc[nH]1)C(=O)NC(Cc1cnc[nH]1)C(=O)O. The first-order chi connectivity index (χ1) is 17.3. The van der Waals surface area contributed by atoms with Crippen LogP contribution in [-0.4, -0.2) is 79.4 Å². The summed E-state index contributed by atoms with van der Waals surface area (Å²) in [4.78, 5) is 64.6. The van der Waals surface area contributed by atoms with Gasteiger partial charge < -0.3 is 36.3 Å². The van der Waals surface area contributed by atoms with E-state index in [0.717, 1.165) is 13.0 Å². The average Bonchev–Trinajstić information content (AvgIpc) is 3.64. The van der Waals surface area contributed by atoms with E-state index >= 15 is 0 Å². The number of aliphatic carboxylic acids is 1. The smallest absolute Gasteiger partial charge is 0.326 e. The van der Waals surface area contributed by atoms with Crippen molar-refractivity contribution >= 4 is 23.7 Å². The number of aromatic amines is 2. The van der Waals surface area contributed by atoms with Crippen LogP contribution in [0, 0.1) is 5.92 Å².